The summed E-state index contributed by atoms with van der Waals surface area (Å²) in [4.78, 5) is 18.6. The molecule has 0 aliphatic carbocycles. The molecule has 0 unspecified atom stereocenters. The molecule has 1 aromatic rings. The van der Waals surface area contributed by atoms with Crippen LogP contribution in [0.4, 0.5) is 0 Å². The highest BCUT2D eigenvalue weighted by Crippen LogP contribution is 2.19. The predicted octanol–water partition coefficient (Wildman–Crippen LogP) is 1.21. The van der Waals surface area contributed by atoms with Crippen LogP contribution in [0.2, 0.25) is 0 Å². The largest absolute Gasteiger partial charge is 0.330 e. The third kappa shape index (κ3) is 2.31. The number of aromatic nitrogens is 1. The molecule has 4 heteroatoms. The normalized spacial score (nSPS) is 19.1. The Bertz CT molecular complexity index is 428. The van der Waals surface area contributed by atoms with Crippen molar-refractivity contribution in [3.8, 4) is 0 Å². The van der Waals surface area contributed by atoms with Crippen molar-refractivity contribution in [3.63, 3.8) is 0 Å². The standard InChI is InChI=1S/C13H19N3O/c1-10-5-4-6-15-11(10)12(17)16-8-7-14-9-13(16,2)3/h4-6,14H,7-9H2,1-3H3. The minimum atomic E-state index is -0.153. The molecule has 2 heterocycles. The Balaban J connectivity index is 2.28. The molecule has 1 aromatic heterocycles. The number of nitrogens with one attached hydrogen (secondary N) is 1. The average molecular weight is 233 g/mol. The Hall–Kier alpha value is -1.42. The van der Waals surface area contributed by atoms with Gasteiger partial charge in [-0.15, -0.1) is 0 Å². The predicted molar refractivity (Wildman–Crippen MR) is 67.0 cm³/mol. The number of hydrogen-bond donors (Lipinski definition) is 1. The Kier molecular flexibility index (Phi) is 3.15. The van der Waals surface area contributed by atoms with Crippen LogP contribution in [0.5, 0.6) is 0 Å². The van der Waals surface area contributed by atoms with Crippen molar-refractivity contribution in [2.24, 2.45) is 0 Å². The maximum Gasteiger partial charge on any atom is 0.273 e. The van der Waals surface area contributed by atoms with Crippen LogP contribution >= 0.6 is 0 Å². The van der Waals surface area contributed by atoms with Gasteiger partial charge in [-0.2, -0.15) is 0 Å². The summed E-state index contributed by atoms with van der Waals surface area (Å²) in [5.74, 6) is 0.0367. The lowest BCUT2D eigenvalue weighted by atomic mass is 9.99. The molecular weight excluding hydrogens is 214 g/mol. The van der Waals surface area contributed by atoms with Crippen molar-refractivity contribution in [1.82, 2.24) is 15.2 Å². The molecule has 1 aliphatic heterocycles. The number of rotatable bonds is 1. The van der Waals surface area contributed by atoms with Gasteiger partial charge in [-0.05, 0) is 32.4 Å². The molecule has 2 rings (SSSR count). The van der Waals surface area contributed by atoms with Gasteiger partial charge in [0.15, 0.2) is 0 Å². The first-order chi connectivity index (χ1) is 8.02. The van der Waals surface area contributed by atoms with E-state index in [-0.39, 0.29) is 11.4 Å². The summed E-state index contributed by atoms with van der Waals surface area (Å²) in [6, 6.07) is 3.78. The lowest BCUT2D eigenvalue weighted by molar-refractivity contribution is 0.0470. The van der Waals surface area contributed by atoms with Gasteiger partial charge in [0.25, 0.3) is 5.91 Å². The zero-order valence-corrected chi connectivity index (χ0v) is 10.7. The topological polar surface area (TPSA) is 45.2 Å². The Morgan fingerprint density at radius 2 is 2.29 bits per heavy atom. The van der Waals surface area contributed by atoms with Gasteiger partial charge in [0.05, 0.1) is 5.54 Å². The maximum atomic E-state index is 12.5. The van der Waals surface area contributed by atoms with E-state index in [1.165, 1.54) is 0 Å². The van der Waals surface area contributed by atoms with Crippen LogP contribution in [0.3, 0.4) is 0 Å². The molecule has 1 saturated heterocycles. The van der Waals surface area contributed by atoms with Crippen molar-refractivity contribution >= 4 is 5.91 Å². The van der Waals surface area contributed by atoms with Crippen LogP contribution in [0, 0.1) is 6.92 Å². The molecule has 17 heavy (non-hydrogen) atoms. The van der Waals surface area contributed by atoms with Crippen LogP contribution < -0.4 is 5.32 Å². The first-order valence-corrected chi connectivity index (χ1v) is 5.97. The number of hydrogen-bond acceptors (Lipinski definition) is 3. The molecule has 1 fully saturated rings. The van der Waals surface area contributed by atoms with Gasteiger partial charge in [-0.1, -0.05) is 6.07 Å². The first kappa shape index (κ1) is 12.0. The molecule has 1 aliphatic rings. The SMILES string of the molecule is Cc1cccnc1C(=O)N1CCNCC1(C)C. The fourth-order valence-electron chi connectivity index (χ4n) is 2.20. The number of piperazine rings is 1. The molecule has 0 spiro atoms. The highest BCUT2D eigenvalue weighted by atomic mass is 16.2. The van der Waals surface area contributed by atoms with Crippen molar-refractivity contribution < 1.29 is 4.79 Å². The number of carbonyl (C=O) groups excluding carboxylic acids is 1. The lowest BCUT2D eigenvalue weighted by Gasteiger charge is -2.42. The molecule has 0 aromatic carbocycles. The minimum Gasteiger partial charge on any atom is -0.330 e. The number of carbonyl (C=O) groups is 1. The van der Waals surface area contributed by atoms with Crippen molar-refractivity contribution in [1.29, 1.82) is 0 Å². The van der Waals surface area contributed by atoms with Crippen LogP contribution in [-0.4, -0.2) is 41.0 Å². The summed E-state index contributed by atoms with van der Waals surface area (Å²) in [6.07, 6.45) is 1.68. The third-order valence-electron chi connectivity index (χ3n) is 3.26. The number of nitrogens with zero attached hydrogens (tertiary/aromatic N) is 2. The third-order valence-corrected chi connectivity index (χ3v) is 3.26. The Morgan fingerprint density at radius 1 is 1.53 bits per heavy atom. The summed E-state index contributed by atoms with van der Waals surface area (Å²) in [6.45, 7) is 8.49. The molecule has 4 nitrogen and oxygen atoms in total. The van der Waals surface area contributed by atoms with Gasteiger partial charge in [0, 0.05) is 25.8 Å². The fraction of sp³-hybridized carbons (Fsp3) is 0.538. The second-order valence-corrected chi connectivity index (χ2v) is 5.11. The summed E-state index contributed by atoms with van der Waals surface area (Å²) < 4.78 is 0. The lowest BCUT2D eigenvalue weighted by Crippen LogP contribution is -2.60. The number of pyridine rings is 1. The van der Waals surface area contributed by atoms with Crippen LogP contribution in [0.15, 0.2) is 18.3 Å². The number of aryl methyl sites for hydroxylation is 1. The van der Waals surface area contributed by atoms with Gasteiger partial charge in [-0.3, -0.25) is 9.78 Å². The smallest absolute Gasteiger partial charge is 0.273 e. The van der Waals surface area contributed by atoms with E-state index >= 15 is 0 Å². The van der Waals surface area contributed by atoms with Gasteiger partial charge < -0.3 is 10.2 Å². The highest BCUT2D eigenvalue weighted by Gasteiger charge is 2.34. The van der Waals surface area contributed by atoms with Gasteiger partial charge in [-0.25, -0.2) is 0 Å². The van der Waals surface area contributed by atoms with Crippen molar-refractivity contribution in [2.45, 2.75) is 26.3 Å². The van der Waals surface area contributed by atoms with E-state index < -0.39 is 0 Å². The summed E-state index contributed by atoms with van der Waals surface area (Å²) in [5, 5.41) is 3.31. The molecular formula is C13H19N3O. The zero-order chi connectivity index (χ0) is 12.5. The molecule has 92 valence electrons. The van der Waals surface area contributed by atoms with Gasteiger partial charge >= 0.3 is 0 Å². The summed E-state index contributed by atoms with van der Waals surface area (Å²) in [7, 11) is 0. The summed E-state index contributed by atoms with van der Waals surface area (Å²) >= 11 is 0. The zero-order valence-electron chi connectivity index (χ0n) is 10.7. The van der Waals surface area contributed by atoms with Gasteiger partial charge in [0.1, 0.15) is 5.69 Å². The first-order valence-electron chi connectivity index (χ1n) is 5.97. The quantitative estimate of drug-likeness (QED) is 0.793. The molecule has 1 amide bonds. The van der Waals surface area contributed by atoms with E-state index in [1.807, 2.05) is 24.0 Å². The monoisotopic (exact) mass is 233 g/mol. The van der Waals surface area contributed by atoms with Crippen LogP contribution in [0.25, 0.3) is 0 Å². The summed E-state index contributed by atoms with van der Waals surface area (Å²) in [5.41, 5.74) is 1.36. The fourth-order valence-corrected chi connectivity index (χ4v) is 2.20. The van der Waals surface area contributed by atoms with Crippen LogP contribution in [-0.2, 0) is 0 Å². The Morgan fingerprint density at radius 3 is 2.94 bits per heavy atom. The van der Waals surface area contributed by atoms with E-state index in [9.17, 15) is 4.79 Å². The number of amides is 1. The van der Waals surface area contributed by atoms with Crippen LogP contribution in [0.1, 0.15) is 29.9 Å². The maximum absolute atomic E-state index is 12.5. The molecule has 1 N–H and O–H groups in total. The minimum absolute atomic E-state index is 0.0367. The van der Waals surface area contributed by atoms with E-state index in [4.69, 9.17) is 0 Å². The van der Waals surface area contributed by atoms with Gasteiger partial charge in [0.2, 0.25) is 0 Å². The molecule has 0 saturated carbocycles. The van der Waals surface area contributed by atoms with E-state index in [1.54, 1.807) is 6.20 Å². The second-order valence-electron chi connectivity index (χ2n) is 5.11. The van der Waals surface area contributed by atoms with E-state index in [0.717, 1.165) is 25.2 Å². The van der Waals surface area contributed by atoms with Crippen molar-refractivity contribution in [2.75, 3.05) is 19.6 Å². The van der Waals surface area contributed by atoms with E-state index in [0.29, 0.717) is 5.69 Å². The molecule has 0 atom stereocenters. The average Bonchev–Trinajstić information content (AvgIpc) is 2.28. The second kappa shape index (κ2) is 4.45. The molecule has 0 radical (unpaired) electrons. The van der Waals surface area contributed by atoms with E-state index in [2.05, 4.69) is 24.1 Å². The molecule has 0 bridgehead atoms. The van der Waals surface area contributed by atoms with Crippen molar-refractivity contribution in [3.05, 3.63) is 29.6 Å². The highest BCUT2D eigenvalue weighted by molar-refractivity contribution is 5.94. The Labute approximate surface area is 102 Å².